The van der Waals surface area contributed by atoms with Gasteiger partial charge in [-0.15, -0.1) is 0 Å². The van der Waals surface area contributed by atoms with Crippen molar-refractivity contribution in [1.29, 1.82) is 0 Å². The van der Waals surface area contributed by atoms with Gasteiger partial charge in [-0.1, -0.05) is 17.7 Å². The molecule has 0 spiro atoms. The highest BCUT2D eigenvalue weighted by Crippen LogP contribution is 2.18. The molecule has 6 heteroatoms. The Morgan fingerprint density at radius 2 is 2.05 bits per heavy atom. The van der Waals surface area contributed by atoms with Crippen molar-refractivity contribution in [3.8, 4) is 0 Å². The fraction of sp³-hybridized carbons (Fsp3) is 0.571. The summed E-state index contributed by atoms with van der Waals surface area (Å²) in [5.74, 6) is -0.281. The van der Waals surface area contributed by atoms with Crippen LogP contribution in [0.5, 0.6) is 0 Å². The van der Waals surface area contributed by atoms with E-state index >= 15 is 0 Å². The number of hydrogen-bond donors (Lipinski definition) is 2. The number of nitrogens with one attached hydrogen (secondary N) is 1. The lowest BCUT2D eigenvalue weighted by molar-refractivity contribution is 0.174. The van der Waals surface area contributed by atoms with Gasteiger partial charge in [0.1, 0.15) is 0 Å². The second-order valence-electron chi connectivity index (χ2n) is 4.90. The Morgan fingerprint density at radius 1 is 1.35 bits per heavy atom. The average Bonchev–Trinajstić information content (AvgIpc) is 2.33. The minimum Gasteiger partial charge on any atom is -0.391 e. The van der Waals surface area contributed by atoms with Crippen LogP contribution in [0.4, 0.5) is 0 Å². The number of aliphatic hydroxyl groups is 1. The van der Waals surface area contributed by atoms with Crippen LogP contribution in [0.3, 0.4) is 0 Å². The molecule has 0 aliphatic carbocycles. The molecule has 1 unspecified atom stereocenters. The Labute approximate surface area is 120 Å². The third-order valence-electron chi connectivity index (χ3n) is 2.94. The number of ether oxygens (including phenoxy) is 1. The lowest BCUT2D eigenvalue weighted by Gasteiger charge is -2.14. The fourth-order valence-electron chi connectivity index (χ4n) is 1.99. The van der Waals surface area contributed by atoms with Crippen LogP contribution in [-0.2, 0) is 14.6 Å². The summed E-state index contributed by atoms with van der Waals surface area (Å²) in [4.78, 5) is 0.291. The minimum atomic E-state index is -3.47. The van der Waals surface area contributed by atoms with E-state index in [1.807, 2.05) is 13.0 Å². The third-order valence-corrected chi connectivity index (χ3v) is 4.89. The highest BCUT2D eigenvalue weighted by atomic mass is 32.2. The number of aliphatic hydroxyl groups excluding tert-OH is 1. The molecule has 0 amide bonds. The fourth-order valence-corrected chi connectivity index (χ4v) is 3.62. The van der Waals surface area contributed by atoms with E-state index in [0.29, 0.717) is 23.6 Å². The van der Waals surface area contributed by atoms with Crippen molar-refractivity contribution < 1.29 is 18.3 Å². The van der Waals surface area contributed by atoms with E-state index in [0.717, 1.165) is 5.56 Å². The van der Waals surface area contributed by atoms with Crippen LogP contribution in [0, 0.1) is 13.8 Å². The topological polar surface area (TPSA) is 75.6 Å². The smallest absolute Gasteiger partial charge is 0.181 e. The maximum Gasteiger partial charge on any atom is 0.181 e. The van der Waals surface area contributed by atoms with Crippen molar-refractivity contribution in [2.75, 3.05) is 32.6 Å². The first-order chi connectivity index (χ1) is 9.36. The van der Waals surface area contributed by atoms with Crippen LogP contribution < -0.4 is 5.32 Å². The van der Waals surface area contributed by atoms with E-state index in [1.165, 1.54) is 0 Å². The maximum absolute atomic E-state index is 12.3. The van der Waals surface area contributed by atoms with Crippen LogP contribution in [-0.4, -0.2) is 52.2 Å². The molecular formula is C14H23NO4S. The van der Waals surface area contributed by atoms with Gasteiger partial charge >= 0.3 is 0 Å². The summed E-state index contributed by atoms with van der Waals surface area (Å²) in [7, 11) is -1.88. The van der Waals surface area contributed by atoms with Crippen LogP contribution >= 0.6 is 0 Å². The Morgan fingerprint density at radius 3 is 2.65 bits per heavy atom. The van der Waals surface area contributed by atoms with Crippen molar-refractivity contribution in [1.82, 2.24) is 5.32 Å². The van der Waals surface area contributed by atoms with E-state index in [2.05, 4.69) is 5.32 Å². The lowest BCUT2D eigenvalue weighted by atomic mass is 10.2. The van der Waals surface area contributed by atoms with Gasteiger partial charge in [-0.25, -0.2) is 8.42 Å². The Bertz CT molecular complexity index is 528. The molecule has 1 atom stereocenters. The van der Waals surface area contributed by atoms with Gasteiger partial charge in [0.25, 0.3) is 0 Å². The molecule has 1 aromatic rings. The van der Waals surface area contributed by atoms with Crippen LogP contribution in [0.1, 0.15) is 11.1 Å². The van der Waals surface area contributed by atoms with E-state index < -0.39 is 15.9 Å². The molecule has 0 aliphatic heterocycles. The van der Waals surface area contributed by atoms with Crippen molar-refractivity contribution in [2.45, 2.75) is 24.8 Å². The molecular weight excluding hydrogens is 278 g/mol. The van der Waals surface area contributed by atoms with Gasteiger partial charge < -0.3 is 15.2 Å². The number of sulfone groups is 1. The summed E-state index contributed by atoms with van der Waals surface area (Å²) in [6.07, 6.45) is -0.933. The highest BCUT2D eigenvalue weighted by Gasteiger charge is 2.21. The normalized spacial score (nSPS) is 13.4. The lowest BCUT2D eigenvalue weighted by Crippen LogP contribution is -2.34. The van der Waals surface area contributed by atoms with E-state index in [9.17, 15) is 13.5 Å². The molecule has 0 saturated heterocycles. The largest absolute Gasteiger partial charge is 0.391 e. The van der Waals surface area contributed by atoms with Gasteiger partial charge in [0.15, 0.2) is 9.84 Å². The number of benzene rings is 1. The molecule has 20 heavy (non-hydrogen) atoms. The van der Waals surface area contributed by atoms with Gasteiger partial charge in [0, 0.05) is 20.2 Å². The molecule has 114 valence electrons. The van der Waals surface area contributed by atoms with E-state index in [4.69, 9.17) is 4.74 Å². The predicted molar refractivity (Wildman–Crippen MR) is 78.7 cm³/mol. The summed E-state index contributed by atoms with van der Waals surface area (Å²) in [5.41, 5.74) is 1.73. The molecule has 0 radical (unpaired) electrons. The van der Waals surface area contributed by atoms with Gasteiger partial charge in [-0.3, -0.25) is 0 Å². The van der Waals surface area contributed by atoms with Crippen LogP contribution in [0.15, 0.2) is 23.1 Å². The number of methoxy groups -OCH3 is 1. The molecule has 0 saturated carbocycles. The van der Waals surface area contributed by atoms with Crippen molar-refractivity contribution in [3.63, 3.8) is 0 Å². The molecule has 1 rings (SSSR count). The molecule has 0 bridgehead atoms. The third kappa shape index (κ3) is 5.20. The second-order valence-corrected chi connectivity index (χ2v) is 6.90. The summed E-state index contributed by atoms with van der Waals surface area (Å²) >= 11 is 0. The molecule has 2 N–H and O–H groups in total. The standard InChI is InChI=1S/C14H23NO4S/c1-11-4-5-14(12(2)8-11)20(17,18)10-13(16)9-15-6-7-19-3/h4-5,8,13,15-16H,6-7,9-10H2,1-3H3. The number of rotatable bonds is 8. The molecule has 0 fully saturated rings. The summed E-state index contributed by atoms with van der Waals surface area (Å²) in [5, 5.41) is 12.8. The van der Waals surface area contributed by atoms with Gasteiger partial charge in [0.05, 0.1) is 23.4 Å². The Balaban J connectivity index is 2.65. The van der Waals surface area contributed by atoms with Crippen LogP contribution in [0.25, 0.3) is 0 Å². The number of aryl methyl sites for hydroxylation is 2. The van der Waals surface area contributed by atoms with E-state index in [1.54, 1.807) is 26.2 Å². The Hall–Kier alpha value is -0.950. The first-order valence-electron chi connectivity index (χ1n) is 6.54. The minimum absolute atomic E-state index is 0.230. The van der Waals surface area contributed by atoms with Gasteiger partial charge in [-0.05, 0) is 25.5 Å². The molecule has 0 aromatic heterocycles. The summed E-state index contributed by atoms with van der Waals surface area (Å²) < 4.78 is 29.4. The number of hydrogen-bond acceptors (Lipinski definition) is 5. The second kappa shape index (κ2) is 7.73. The molecule has 0 aliphatic rings. The van der Waals surface area contributed by atoms with Crippen molar-refractivity contribution in [2.24, 2.45) is 0 Å². The molecule has 5 nitrogen and oxygen atoms in total. The quantitative estimate of drug-likeness (QED) is 0.690. The van der Waals surface area contributed by atoms with E-state index in [-0.39, 0.29) is 12.3 Å². The first-order valence-corrected chi connectivity index (χ1v) is 8.20. The highest BCUT2D eigenvalue weighted by molar-refractivity contribution is 7.91. The average molecular weight is 301 g/mol. The summed E-state index contributed by atoms with van der Waals surface area (Å²) in [6, 6.07) is 5.20. The molecule has 0 heterocycles. The Kier molecular flexibility index (Phi) is 6.61. The first kappa shape index (κ1) is 17.1. The van der Waals surface area contributed by atoms with Gasteiger partial charge in [-0.2, -0.15) is 0 Å². The zero-order chi connectivity index (χ0) is 15.2. The zero-order valence-corrected chi connectivity index (χ0v) is 13.0. The molecule has 1 aromatic carbocycles. The SMILES string of the molecule is COCCNCC(O)CS(=O)(=O)c1ccc(C)cc1C. The summed E-state index contributed by atoms with van der Waals surface area (Å²) in [6.45, 7) is 5.02. The zero-order valence-electron chi connectivity index (χ0n) is 12.2. The van der Waals surface area contributed by atoms with Crippen molar-refractivity contribution >= 4 is 9.84 Å². The van der Waals surface area contributed by atoms with Crippen molar-refractivity contribution in [3.05, 3.63) is 29.3 Å². The predicted octanol–water partition coefficient (Wildman–Crippen LogP) is 0.674. The maximum atomic E-state index is 12.3. The monoisotopic (exact) mass is 301 g/mol. The van der Waals surface area contributed by atoms with Gasteiger partial charge in [0.2, 0.25) is 0 Å². The van der Waals surface area contributed by atoms with Crippen LogP contribution in [0.2, 0.25) is 0 Å².